The van der Waals surface area contributed by atoms with Gasteiger partial charge < -0.3 is 0 Å². The van der Waals surface area contributed by atoms with Crippen molar-refractivity contribution in [2.75, 3.05) is 0 Å². The van der Waals surface area contributed by atoms with Gasteiger partial charge in [-0.2, -0.15) is 0 Å². The molecule has 8 aromatic rings. The van der Waals surface area contributed by atoms with E-state index in [1.54, 1.807) is 0 Å². The van der Waals surface area contributed by atoms with Crippen molar-refractivity contribution < 1.29 is 0 Å². The molecule has 214 valence electrons. The standard InChI is InChI=1S/C43H27N3/c1-3-13-28(14-4-1)41-44-42(29-15-5-2-6-16-29)46-43(45-41)39-22-10-7-19-32(39)30-17-11-18-31(27-30)33-25-26-38-35-21-9-8-20-34(35)37-24-12-23-36(33)40(37)38/h1-27H. The number of benzene rings is 7. The van der Waals surface area contributed by atoms with Gasteiger partial charge in [0.05, 0.1) is 0 Å². The van der Waals surface area contributed by atoms with E-state index < -0.39 is 0 Å². The second kappa shape index (κ2) is 10.8. The quantitative estimate of drug-likeness (QED) is 0.202. The normalized spacial score (nSPS) is 11.5. The molecule has 1 heterocycles. The Morgan fingerprint density at radius 3 is 1.35 bits per heavy atom. The fraction of sp³-hybridized carbons (Fsp3) is 0. The Morgan fingerprint density at radius 1 is 0.261 bits per heavy atom. The van der Waals surface area contributed by atoms with Gasteiger partial charge in [-0.05, 0) is 61.3 Å². The lowest BCUT2D eigenvalue weighted by atomic mass is 9.91. The van der Waals surface area contributed by atoms with E-state index in [1.165, 1.54) is 44.2 Å². The number of fused-ring (bicyclic) bond motifs is 3. The number of rotatable bonds is 5. The molecule has 0 bridgehead atoms. The molecule has 46 heavy (non-hydrogen) atoms. The molecule has 0 N–H and O–H groups in total. The van der Waals surface area contributed by atoms with Crippen LogP contribution >= 0.6 is 0 Å². The van der Waals surface area contributed by atoms with Crippen LogP contribution in [0.2, 0.25) is 0 Å². The van der Waals surface area contributed by atoms with Gasteiger partial charge in [-0.25, -0.2) is 15.0 Å². The number of hydrogen-bond donors (Lipinski definition) is 0. The van der Waals surface area contributed by atoms with E-state index in [4.69, 9.17) is 15.0 Å². The first-order chi connectivity index (χ1) is 22.8. The Balaban J connectivity index is 1.19. The van der Waals surface area contributed by atoms with E-state index >= 15 is 0 Å². The van der Waals surface area contributed by atoms with E-state index in [1.807, 2.05) is 60.7 Å². The zero-order valence-electron chi connectivity index (χ0n) is 24.9. The topological polar surface area (TPSA) is 38.7 Å². The van der Waals surface area contributed by atoms with Gasteiger partial charge in [0.25, 0.3) is 0 Å². The van der Waals surface area contributed by atoms with Crippen molar-refractivity contribution in [3.05, 3.63) is 164 Å². The summed E-state index contributed by atoms with van der Waals surface area (Å²) < 4.78 is 0. The van der Waals surface area contributed by atoms with E-state index in [2.05, 4.69) is 103 Å². The minimum Gasteiger partial charge on any atom is -0.208 e. The van der Waals surface area contributed by atoms with Crippen molar-refractivity contribution in [2.24, 2.45) is 0 Å². The molecule has 9 rings (SSSR count). The first kappa shape index (κ1) is 26.2. The number of hydrogen-bond acceptors (Lipinski definition) is 3. The molecule has 1 aromatic heterocycles. The van der Waals surface area contributed by atoms with Gasteiger partial charge in [0.1, 0.15) is 0 Å². The fourth-order valence-corrected chi connectivity index (χ4v) is 6.77. The molecule has 0 radical (unpaired) electrons. The predicted octanol–water partition coefficient (Wildman–Crippen LogP) is 11.0. The lowest BCUT2D eigenvalue weighted by molar-refractivity contribution is 1.07. The molecular formula is C43H27N3. The van der Waals surface area contributed by atoms with Crippen LogP contribution in [0.1, 0.15) is 0 Å². The van der Waals surface area contributed by atoms with Crippen LogP contribution in [0.25, 0.3) is 89.4 Å². The number of aromatic nitrogens is 3. The molecule has 0 unspecified atom stereocenters. The molecule has 0 fully saturated rings. The van der Waals surface area contributed by atoms with Crippen LogP contribution in [-0.4, -0.2) is 15.0 Å². The molecule has 0 spiro atoms. The lowest BCUT2D eigenvalue weighted by Crippen LogP contribution is -2.01. The highest BCUT2D eigenvalue weighted by molar-refractivity contribution is 6.18. The van der Waals surface area contributed by atoms with Crippen LogP contribution in [0.4, 0.5) is 0 Å². The van der Waals surface area contributed by atoms with Gasteiger partial charge >= 0.3 is 0 Å². The van der Waals surface area contributed by atoms with Crippen molar-refractivity contribution in [3.8, 4) is 78.7 Å². The second-order valence-electron chi connectivity index (χ2n) is 11.6. The van der Waals surface area contributed by atoms with Gasteiger partial charge in [0, 0.05) is 16.7 Å². The molecule has 7 aromatic carbocycles. The monoisotopic (exact) mass is 585 g/mol. The van der Waals surface area contributed by atoms with Gasteiger partial charge in [-0.15, -0.1) is 0 Å². The third-order valence-corrected chi connectivity index (χ3v) is 8.90. The lowest BCUT2D eigenvalue weighted by Gasteiger charge is -2.14. The van der Waals surface area contributed by atoms with Crippen molar-refractivity contribution in [3.63, 3.8) is 0 Å². The molecule has 0 aliphatic heterocycles. The molecule has 3 heteroatoms. The van der Waals surface area contributed by atoms with Crippen LogP contribution in [0, 0.1) is 0 Å². The van der Waals surface area contributed by atoms with Crippen LogP contribution in [0.15, 0.2) is 164 Å². The summed E-state index contributed by atoms with van der Waals surface area (Å²) in [5.41, 5.74) is 12.7. The Morgan fingerprint density at radius 2 is 0.696 bits per heavy atom. The van der Waals surface area contributed by atoms with Gasteiger partial charge in [0.2, 0.25) is 0 Å². The smallest absolute Gasteiger partial charge is 0.164 e. The predicted molar refractivity (Wildman–Crippen MR) is 189 cm³/mol. The molecule has 0 saturated heterocycles. The van der Waals surface area contributed by atoms with Gasteiger partial charge in [-0.3, -0.25) is 0 Å². The molecule has 1 aliphatic carbocycles. The van der Waals surface area contributed by atoms with Gasteiger partial charge in [0.15, 0.2) is 17.5 Å². The molecule has 0 atom stereocenters. The zero-order chi connectivity index (χ0) is 30.5. The molecule has 1 aliphatic rings. The largest absolute Gasteiger partial charge is 0.208 e. The maximum Gasteiger partial charge on any atom is 0.164 e. The summed E-state index contributed by atoms with van der Waals surface area (Å²) in [5, 5.41) is 2.60. The highest BCUT2D eigenvalue weighted by Gasteiger charge is 2.22. The summed E-state index contributed by atoms with van der Waals surface area (Å²) in [7, 11) is 0. The summed E-state index contributed by atoms with van der Waals surface area (Å²) in [6, 6.07) is 57.4. The summed E-state index contributed by atoms with van der Waals surface area (Å²) in [5.74, 6) is 1.96. The minimum absolute atomic E-state index is 0.650. The first-order valence-electron chi connectivity index (χ1n) is 15.5. The maximum atomic E-state index is 5.03. The van der Waals surface area contributed by atoms with Crippen LogP contribution in [0.3, 0.4) is 0 Å². The molecule has 3 nitrogen and oxygen atoms in total. The van der Waals surface area contributed by atoms with Crippen molar-refractivity contribution in [1.82, 2.24) is 15.0 Å². The van der Waals surface area contributed by atoms with E-state index in [9.17, 15) is 0 Å². The average molecular weight is 586 g/mol. The zero-order valence-corrected chi connectivity index (χ0v) is 24.9. The van der Waals surface area contributed by atoms with Crippen LogP contribution in [0.5, 0.6) is 0 Å². The van der Waals surface area contributed by atoms with E-state index in [0.29, 0.717) is 17.5 Å². The van der Waals surface area contributed by atoms with E-state index in [-0.39, 0.29) is 0 Å². The Labute approximate surface area is 267 Å². The third kappa shape index (κ3) is 4.33. The maximum absolute atomic E-state index is 5.03. The molecular weight excluding hydrogens is 558 g/mol. The highest BCUT2D eigenvalue weighted by Crippen LogP contribution is 2.49. The summed E-state index contributed by atoms with van der Waals surface area (Å²) >= 11 is 0. The average Bonchev–Trinajstić information content (AvgIpc) is 3.47. The fourth-order valence-electron chi connectivity index (χ4n) is 6.77. The SMILES string of the molecule is c1ccc(-c2nc(-c3ccccc3)nc(-c3ccccc3-c3cccc(-c4ccc5c6c(cccc46)-c4ccccc4-5)c3)n2)cc1. The van der Waals surface area contributed by atoms with Crippen molar-refractivity contribution in [2.45, 2.75) is 0 Å². The Bertz CT molecular complexity index is 2330. The Kier molecular flexibility index (Phi) is 6.14. The van der Waals surface area contributed by atoms with Crippen LogP contribution < -0.4 is 0 Å². The van der Waals surface area contributed by atoms with Crippen molar-refractivity contribution >= 4 is 10.8 Å². The first-order valence-corrected chi connectivity index (χ1v) is 15.5. The summed E-state index contributed by atoms with van der Waals surface area (Å²) in [4.78, 5) is 15.0. The summed E-state index contributed by atoms with van der Waals surface area (Å²) in [6.45, 7) is 0. The van der Waals surface area contributed by atoms with E-state index in [0.717, 1.165) is 27.8 Å². The van der Waals surface area contributed by atoms with Crippen LogP contribution in [-0.2, 0) is 0 Å². The third-order valence-electron chi connectivity index (χ3n) is 8.90. The highest BCUT2D eigenvalue weighted by atomic mass is 15.0. The molecule has 0 amide bonds. The molecule has 0 saturated carbocycles. The minimum atomic E-state index is 0.650. The van der Waals surface area contributed by atoms with Gasteiger partial charge in [-0.1, -0.05) is 158 Å². The second-order valence-corrected chi connectivity index (χ2v) is 11.6. The number of nitrogens with zero attached hydrogens (tertiary/aromatic N) is 3. The van der Waals surface area contributed by atoms with Crippen molar-refractivity contribution in [1.29, 1.82) is 0 Å². The summed E-state index contributed by atoms with van der Waals surface area (Å²) in [6.07, 6.45) is 0. The Hall–Kier alpha value is -6.19.